The van der Waals surface area contributed by atoms with E-state index in [1.807, 2.05) is 18.2 Å². The molecule has 0 atom stereocenters. The van der Waals surface area contributed by atoms with Gasteiger partial charge in [-0.25, -0.2) is 8.78 Å². The second-order valence-corrected chi connectivity index (χ2v) is 7.87. The molecule has 1 saturated heterocycles. The van der Waals surface area contributed by atoms with Gasteiger partial charge in [0, 0.05) is 44.2 Å². The fraction of sp³-hybridized carbons (Fsp3) is 0.391. The lowest BCUT2D eigenvalue weighted by Crippen LogP contribution is -2.45. The number of hydrogen-bond acceptors (Lipinski definition) is 5. The number of hydrogen-bond donors (Lipinski definition) is 2. The molecular formula is C23H24F2N2O5. The molecule has 0 unspecified atom stereocenters. The van der Waals surface area contributed by atoms with Gasteiger partial charge in [-0.15, -0.1) is 0 Å². The minimum Gasteiger partial charge on any atom is -0.454 e. The lowest BCUT2D eigenvalue weighted by molar-refractivity contribution is -0.121. The maximum absolute atomic E-state index is 13.7. The van der Waals surface area contributed by atoms with Crippen LogP contribution in [0.3, 0.4) is 0 Å². The number of carbonyl (C=O) groups is 2. The third-order valence-corrected chi connectivity index (χ3v) is 5.87. The van der Waals surface area contributed by atoms with Crippen molar-refractivity contribution in [1.29, 1.82) is 0 Å². The zero-order valence-corrected chi connectivity index (χ0v) is 17.4. The molecule has 170 valence electrons. The summed E-state index contributed by atoms with van der Waals surface area (Å²) in [5, 5.41) is 5.44. The number of halogens is 2. The van der Waals surface area contributed by atoms with Crippen LogP contribution in [-0.2, 0) is 14.9 Å². The molecule has 2 heterocycles. The van der Waals surface area contributed by atoms with Crippen LogP contribution in [0.15, 0.2) is 36.4 Å². The highest BCUT2D eigenvalue weighted by atomic mass is 19.1. The van der Waals surface area contributed by atoms with E-state index >= 15 is 0 Å². The molecule has 0 radical (unpaired) electrons. The second kappa shape index (κ2) is 9.52. The molecule has 2 aromatic carbocycles. The average molecular weight is 446 g/mol. The topological polar surface area (TPSA) is 85.9 Å². The summed E-state index contributed by atoms with van der Waals surface area (Å²) < 4.78 is 43.1. The number of fused-ring (bicyclic) bond motifs is 1. The van der Waals surface area contributed by atoms with Crippen LogP contribution in [0.5, 0.6) is 11.5 Å². The molecular weight excluding hydrogens is 422 g/mol. The fourth-order valence-electron chi connectivity index (χ4n) is 3.97. The Morgan fingerprint density at radius 1 is 0.969 bits per heavy atom. The lowest BCUT2D eigenvalue weighted by Gasteiger charge is -2.38. The predicted molar refractivity (Wildman–Crippen MR) is 111 cm³/mol. The Bertz CT molecular complexity index is 1010. The maximum atomic E-state index is 13.7. The van der Waals surface area contributed by atoms with Gasteiger partial charge in [0.2, 0.25) is 12.7 Å². The molecule has 2 N–H and O–H groups in total. The van der Waals surface area contributed by atoms with Gasteiger partial charge >= 0.3 is 0 Å². The summed E-state index contributed by atoms with van der Waals surface area (Å²) in [6, 6.07) is 8.54. The highest BCUT2D eigenvalue weighted by molar-refractivity contribution is 5.94. The molecule has 2 aromatic rings. The minimum absolute atomic E-state index is 0.0294. The first-order valence-electron chi connectivity index (χ1n) is 10.4. The summed E-state index contributed by atoms with van der Waals surface area (Å²) in [6.45, 7) is 1.81. The summed E-state index contributed by atoms with van der Waals surface area (Å²) in [7, 11) is 0. The van der Waals surface area contributed by atoms with Crippen molar-refractivity contribution < 1.29 is 32.6 Å². The standard InChI is InChI=1S/C23H24F2N2O5/c24-16-2-3-17(18(25)12-16)22(29)26-8-5-21(28)27-13-23(6-9-30-10-7-23)15-1-4-19-20(11-15)32-14-31-19/h1-4,11-12H,5-10,13-14H2,(H,26,29)(H,27,28). The Balaban J connectivity index is 1.32. The molecule has 32 heavy (non-hydrogen) atoms. The first-order chi connectivity index (χ1) is 15.5. The van der Waals surface area contributed by atoms with Gasteiger partial charge in [-0.1, -0.05) is 6.07 Å². The van der Waals surface area contributed by atoms with Gasteiger partial charge in [-0.3, -0.25) is 9.59 Å². The molecule has 7 nitrogen and oxygen atoms in total. The third kappa shape index (κ3) is 4.83. The van der Waals surface area contributed by atoms with Crippen molar-refractivity contribution in [3.63, 3.8) is 0 Å². The maximum Gasteiger partial charge on any atom is 0.254 e. The summed E-state index contributed by atoms with van der Waals surface area (Å²) in [5.74, 6) is -1.25. The largest absolute Gasteiger partial charge is 0.454 e. The highest BCUT2D eigenvalue weighted by Gasteiger charge is 2.36. The van der Waals surface area contributed by atoms with Gasteiger partial charge in [0.15, 0.2) is 11.5 Å². The monoisotopic (exact) mass is 446 g/mol. The van der Waals surface area contributed by atoms with Crippen LogP contribution >= 0.6 is 0 Å². The predicted octanol–water partition coefficient (Wildman–Crippen LogP) is 2.68. The number of rotatable bonds is 7. The molecule has 2 aliphatic heterocycles. The van der Waals surface area contributed by atoms with Crippen LogP contribution in [0.25, 0.3) is 0 Å². The van der Waals surface area contributed by atoms with Crippen LogP contribution in [0.4, 0.5) is 8.78 Å². The Morgan fingerprint density at radius 3 is 2.53 bits per heavy atom. The number of benzene rings is 2. The van der Waals surface area contributed by atoms with E-state index in [1.165, 1.54) is 0 Å². The van der Waals surface area contributed by atoms with E-state index in [-0.39, 0.29) is 36.6 Å². The first-order valence-corrected chi connectivity index (χ1v) is 10.4. The zero-order valence-electron chi connectivity index (χ0n) is 17.4. The smallest absolute Gasteiger partial charge is 0.254 e. The van der Waals surface area contributed by atoms with Crippen molar-refractivity contribution in [3.8, 4) is 11.5 Å². The van der Waals surface area contributed by atoms with Crippen molar-refractivity contribution in [2.75, 3.05) is 33.1 Å². The Hall–Kier alpha value is -3.20. The van der Waals surface area contributed by atoms with E-state index in [4.69, 9.17) is 14.2 Å². The van der Waals surface area contributed by atoms with Crippen LogP contribution in [-0.4, -0.2) is 44.9 Å². The summed E-state index contributed by atoms with van der Waals surface area (Å²) in [4.78, 5) is 24.5. The van der Waals surface area contributed by atoms with Crippen LogP contribution in [0, 0.1) is 11.6 Å². The normalized spacial score (nSPS) is 16.4. The van der Waals surface area contributed by atoms with Crippen molar-refractivity contribution in [3.05, 3.63) is 59.2 Å². The van der Waals surface area contributed by atoms with Gasteiger partial charge in [0.1, 0.15) is 11.6 Å². The lowest BCUT2D eigenvalue weighted by atomic mass is 9.74. The van der Waals surface area contributed by atoms with Gasteiger partial charge in [-0.2, -0.15) is 0 Å². The Kier molecular flexibility index (Phi) is 6.55. The third-order valence-electron chi connectivity index (χ3n) is 5.87. The van der Waals surface area contributed by atoms with Crippen molar-refractivity contribution in [1.82, 2.24) is 10.6 Å². The van der Waals surface area contributed by atoms with Crippen molar-refractivity contribution in [2.45, 2.75) is 24.7 Å². The number of nitrogens with one attached hydrogen (secondary N) is 2. The van der Waals surface area contributed by atoms with Gasteiger partial charge in [-0.05, 0) is 42.7 Å². The Labute approximate surface area is 184 Å². The second-order valence-electron chi connectivity index (χ2n) is 7.87. The van der Waals surface area contributed by atoms with Gasteiger partial charge in [0.05, 0.1) is 5.56 Å². The molecule has 0 aromatic heterocycles. The Morgan fingerprint density at radius 2 is 1.75 bits per heavy atom. The number of amides is 2. The fourth-order valence-corrected chi connectivity index (χ4v) is 3.97. The molecule has 4 rings (SSSR count). The molecule has 9 heteroatoms. The quantitative estimate of drug-likeness (QED) is 0.683. The molecule has 0 saturated carbocycles. The van der Waals surface area contributed by atoms with Crippen LogP contribution in [0.2, 0.25) is 0 Å². The van der Waals surface area contributed by atoms with Gasteiger partial charge < -0.3 is 24.8 Å². The molecule has 2 amide bonds. The zero-order chi connectivity index (χ0) is 22.6. The minimum atomic E-state index is -0.947. The summed E-state index contributed by atoms with van der Waals surface area (Å²) in [5.41, 5.74) is 0.483. The van der Waals surface area contributed by atoms with E-state index in [2.05, 4.69) is 10.6 Å². The van der Waals surface area contributed by atoms with E-state index in [1.54, 1.807) is 0 Å². The van der Waals surface area contributed by atoms with Gasteiger partial charge in [0.25, 0.3) is 5.91 Å². The van der Waals surface area contributed by atoms with Crippen molar-refractivity contribution in [2.24, 2.45) is 0 Å². The van der Waals surface area contributed by atoms with Crippen LogP contribution in [0.1, 0.15) is 35.2 Å². The van der Waals surface area contributed by atoms with E-state index in [0.717, 1.165) is 30.5 Å². The SMILES string of the molecule is O=C(CCNC(=O)c1ccc(F)cc1F)NCC1(c2ccc3c(c2)OCO3)CCOCC1. The average Bonchev–Trinajstić information content (AvgIpc) is 3.26. The van der Waals surface area contributed by atoms with E-state index in [9.17, 15) is 18.4 Å². The van der Waals surface area contributed by atoms with E-state index in [0.29, 0.717) is 37.3 Å². The summed E-state index contributed by atoms with van der Waals surface area (Å²) in [6.07, 6.45) is 1.52. The molecule has 0 spiro atoms. The molecule has 2 aliphatic rings. The number of ether oxygens (including phenoxy) is 3. The molecule has 0 bridgehead atoms. The number of carbonyl (C=O) groups excluding carboxylic acids is 2. The summed E-state index contributed by atoms with van der Waals surface area (Å²) >= 11 is 0. The highest BCUT2D eigenvalue weighted by Crippen LogP contribution is 2.40. The molecule has 1 fully saturated rings. The van der Waals surface area contributed by atoms with Crippen molar-refractivity contribution >= 4 is 11.8 Å². The van der Waals surface area contributed by atoms with E-state index < -0.39 is 17.5 Å². The molecule has 0 aliphatic carbocycles. The first kappa shape index (κ1) is 22.0. The van der Waals surface area contributed by atoms with Crippen LogP contribution < -0.4 is 20.1 Å².